The first-order valence-corrected chi connectivity index (χ1v) is 9.89. The van der Waals surface area contributed by atoms with Crippen molar-refractivity contribution < 1.29 is 4.74 Å². The Morgan fingerprint density at radius 3 is 2.50 bits per heavy atom. The number of rotatable bonds is 5. The van der Waals surface area contributed by atoms with Gasteiger partial charge in [-0.15, -0.1) is 5.10 Å². The zero-order valence-corrected chi connectivity index (χ0v) is 16.7. The van der Waals surface area contributed by atoms with E-state index in [0.717, 1.165) is 60.2 Å². The Hall–Kier alpha value is -3.75. The van der Waals surface area contributed by atoms with E-state index >= 15 is 0 Å². The predicted molar refractivity (Wildman–Crippen MR) is 114 cm³/mol. The first-order chi connectivity index (χ1) is 14.8. The Morgan fingerprint density at radius 2 is 1.77 bits per heavy atom. The number of methoxy groups -OCH3 is 1. The molecule has 30 heavy (non-hydrogen) atoms. The molecule has 0 spiro atoms. The largest absolute Gasteiger partial charge is 0.497 e. The summed E-state index contributed by atoms with van der Waals surface area (Å²) in [6.07, 6.45) is 5.18. The van der Waals surface area contributed by atoms with Gasteiger partial charge in [-0.25, -0.2) is 14.6 Å². The molecule has 0 radical (unpaired) electrons. The molecular formula is C21H22N8O. The highest BCUT2D eigenvalue weighted by Crippen LogP contribution is 2.25. The molecule has 0 saturated carbocycles. The molecule has 0 unspecified atom stereocenters. The minimum absolute atomic E-state index is 0.643. The van der Waals surface area contributed by atoms with E-state index in [0.29, 0.717) is 6.54 Å². The summed E-state index contributed by atoms with van der Waals surface area (Å²) in [6.45, 7) is 4.08. The number of anilines is 2. The van der Waals surface area contributed by atoms with Gasteiger partial charge in [0.15, 0.2) is 11.5 Å². The fourth-order valence-electron chi connectivity index (χ4n) is 3.76. The van der Waals surface area contributed by atoms with Gasteiger partial charge in [-0.1, -0.05) is 12.1 Å². The molecule has 0 aliphatic carbocycles. The lowest BCUT2D eigenvalue weighted by Gasteiger charge is -2.35. The monoisotopic (exact) mass is 402 g/mol. The van der Waals surface area contributed by atoms with Gasteiger partial charge in [0.1, 0.15) is 17.9 Å². The zero-order chi connectivity index (χ0) is 20.3. The summed E-state index contributed by atoms with van der Waals surface area (Å²) in [4.78, 5) is 13.6. The Kier molecular flexibility index (Phi) is 4.84. The van der Waals surface area contributed by atoms with E-state index in [4.69, 9.17) is 4.74 Å². The maximum absolute atomic E-state index is 5.23. The highest BCUT2D eigenvalue weighted by atomic mass is 16.5. The molecule has 1 saturated heterocycles. The second kappa shape index (κ2) is 7.94. The number of ether oxygens (including phenoxy) is 1. The van der Waals surface area contributed by atoms with Crippen LogP contribution in [-0.2, 0) is 6.54 Å². The number of fused-ring (bicyclic) bond motifs is 1. The van der Waals surface area contributed by atoms with E-state index in [9.17, 15) is 0 Å². The molecule has 9 nitrogen and oxygen atoms in total. The lowest BCUT2D eigenvalue weighted by Crippen LogP contribution is -2.47. The lowest BCUT2D eigenvalue weighted by atomic mass is 10.2. The molecule has 4 aromatic rings. The van der Waals surface area contributed by atoms with Crippen LogP contribution in [0.1, 0.15) is 5.56 Å². The van der Waals surface area contributed by atoms with Gasteiger partial charge in [-0.2, -0.15) is 10.2 Å². The third-order valence-electron chi connectivity index (χ3n) is 5.37. The highest BCUT2D eigenvalue weighted by Gasteiger charge is 2.22. The van der Waals surface area contributed by atoms with Crippen LogP contribution in [0.25, 0.3) is 11.0 Å². The Labute approximate surface area is 173 Å². The second-order valence-corrected chi connectivity index (χ2v) is 7.14. The van der Waals surface area contributed by atoms with Crippen molar-refractivity contribution in [1.29, 1.82) is 0 Å². The fraction of sp³-hybridized carbons (Fsp3) is 0.286. The van der Waals surface area contributed by atoms with Crippen LogP contribution in [0.4, 0.5) is 11.6 Å². The van der Waals surface area contributed by atoms with Gasteiger partial charge in [0.2, 0.25) is 0 Å². The van der Waals surface area contributed by atoms with Gasteiger partial charge < -0.3 is 14.5 Å². The van der Waals surface area contributed by atoms with Crippen molar-refractivity contribution in [3.8, 4) is 5.75 Å². The number of aromatic nitrogens is 6. The van der Waals surface area contributed by atoms with Gasteiger partial charge in [0, 0.05) is 32.4 Å². The van der Waals surface area contributed by atoms with Crippen molar-refractivity contribution in [2.75, 3.05) is 43.1 Å². The maximum Gasteiger partial charge on any atom is 0.163 e. The second-order valence-electron chi connectivity index (χ2n) is 7.14. The first-order valence-electron chi connectivity index (χ1n) is 9.89. The van der Waals surface area contributed by atoms with E-state index in [-0.39, 0.29) is 0 Å². The number of piperazine rings is 1. The molecule has 0 bridgehead atoms. The zero-order valence-electron chi connectivity index (χ0n) is 16.7. The summed E-state index contributed by atoms with van der Waals surface area (Å²) in [5.74, 6) is 2.69. The number of hydrogen-bond donors (Lipinski definition) is 0. The maximum atomic E-state index is 5.23. The van der Waals surface area contributed by atoms with Gasteiger partial charge >= 0.3 is 0 Å². The fourth-order valence-corrected chi connectivity index (χ4v) is 3.76. The lowest BCUT2D eigenvalue weighted by molar-refractivity contribution is 0.414. The van der Waals surface area contributed by atoms with Crippen LogP contribution >= 0.6 is 0 Å². The van der Waals surface area contributed by atoms with Crippen LogP contribution in [0.3, 0.4) is 0 Å². The van der Waals surface area contributed by atoms with Crippen LogP contribution in [0.5, 0.6) is 5.75 Å². The first kappa shape index (κ1) is 18.3. The Bertz CT molecular complexity index is 1120. The molecular weight excluding hydrogens is 380 g/mol. The van der Waals surface area contributed by atoms with Gasteiger partial charge in [0.25, 0.3) is 0 Å². The van der Waals surface area contributed by atoms with E-state index in [1.807, 2.05) is 47.3 Å². The number of benzene rings is 1. The molecule has 5 rings (SSSR count). The van der Waals surface area contributed by atoms with Crippen LogP contribution < -0.4 is 14.5 Å². The molecule has 9 heteroatoms. The van der Waals surface area contributed by atoms with Crippen molar-refractivity contribution in [1.82, 2.24) is 29.9 Å². The topological polar surface area (TPSA) is 85.1 Å². The van der Waals surface area contributed by atoms with E-state index in [1.54, 1.807) is 19.6 Å². The molecule has 152 valence electrons. The van der Waals surface area contributed by atoms with E-state index in [2.05, 4.69) is 35.1 Å². The SMILES string of the molecule is COc1ccc(Cn2ncc3c(N4CCN(c5cccnn5)CC4)ncnc32)cc1. The average Bonchev–Trinajstić information content (AvgIpc) is 3.23. The molecule has 4 heterocycles. The molecule has 0 atom stereocenters. The molecule has 0 amide bonds. The minimum atomic E-state index is 0.643. The third-order valence-corrected chi connectivity index (χ3v) is 5.37. The quantitative estimate of drug-likeness (QED) is 0.501. The smallest absolute Gasteiger partial charge is 0.163 e. The van der Waals surface area contributed by atoms with Gasteiger partial charge in [0.05, 0.1) is 25.2 Å². The van der Waals surface area contributed by atoms with Crippen molar-refractivity contribution in [3.63, 3.8) is 0 Å². The van der Waals surface area contributed by atoms with Crippen LogP contribution in [-0.4, -0.2) is 63.2 Å². The third kappa shape index (κ3) is 3.49. The summed E-state index contributed by atoms with van der Waals surface area (Å²) in [5.41, 5.74) is 1.98. The predicted octanol–water partition coefficient (Wildman–Crippen LogP) is 2.00. The standard InChI is InChI=1S/C21H22N8O/c1-30-17-6-4-16(5-7-17)14-29-21-18(13-25-29)20(22-15-23-21)28-11-9-27(10-12-28)19-3-2-8-24-26-19/h2-8,13,15H,9-12,14H2,1H3. The Balaban J connectivity index is 1.35. The van der Waals surface area contributed by atoms with Gasteiger partial charge in [-0.05, 0) is 29.8 Å². The molecule has 1 aromatic carbocycles. The summed E-state index contributed by atoms with van der Waals surface area (Å²) < 4.78 is 7.15. The van der Waals surface area contributed by atoms with Crippen LogP contribution in [0, 0.1) is 0 Å². The van der Waals surface area contributed by atoms with Crippen molar-refractivity contribution in [2.24, 2.45) is 0 Å². The van der Waals surface area contributed by atoms with Crippen molar-refractivity contribution in [2.45, 2.75) is 6.54 Å². The summed E-state index contributed by atoms with van der Waals surface area (Å²) in [6, 6.07) is 11.9. The number of hydrogen-bond acceptors (Lipinski definition) is 8. The highest BCUT2D eigenvalue weighted by molar-refractivity contribution is 5.86. The average molecular weight is 402 g/mol. The summed E-state index contributed by atoms with van der Waals surface area (Å²) in [7, 11) is 1.67. The normalized spacial score (nSPS) is 14.3. The summed E-state index contributed by atoms with van der Waals surface area (Å²) in [5, 5.41) is 13.7. The molecule has 0 N–H and O–H groups in total. The van der Waals surface area contributed by atoms with Crippen molar-refractivity contribution >= 4 is 22.7 Å². The number of nitrogens with zero attached hydrogens (tertiary/aromatic N) is 8. The molecule has 1 aliphatic heterocycles. The minimum Gasteiger partial charge on any atom is -0.497 e. The molecule has 1 aliphatic rings. The summed E-state index contributed by atoms with van der Waals surface area (Å²) >= 11 is 0. The molecule has 1 fully saturated rings. The van der Waals surface area contributed by atoms with Gasteiger partial charge in [-0.3, -0.25) is 0 Å². The molecule has 3 aromatic heterocycles. The van der Waals surface area contributed by atoms with Crippen molar-refractivity contribution in [3.05, 3.63) is 60.7 Å². The Morgan fingerprint density at radius 1 is 0.967 bits per heavy atom. The van der Waals surface area contributed by atoms with E-state index < -0.39 is 0 Å². The van der Waals surface area contributed by atoms with E-state index in [1.165, 1.54) is 0 Å². The van der Waals surface area contributed by atoms with Crippen LogP contribution in [0.2, 0.25) is 0 Å². The van der Waals surface area contributed by atoms with Crippen LogP contribution in [0.15, 0.2) is 55.1 Å².